The average Bonchev–Trinajstić information content (AvgIpc) is 3.46. The second kappa shape index (κ2) is 10.0. The van der Waals surface area contributed by atoms with Gasteiger partial charge in [-0.25, -0.2) is 9.78 Å². The number of aromatic nitrogens is 2. The number of hydrogen-bond acceptors (Lipinski definition) is 6. The van der Waals surface area contributed by atoms with Crippen LogP contribution < -0.4 is 5.32 Å². The minimum atomic E-state index is -0.907. The lowest BCUT2D eigenvalue weighted by molar-refractivity contribution is -0.134. The van der Waals surface area contributed by atoms with E-state index in [1.807, 2.05) is 60.1 Å². The summed E-state index contributed by atoms with van der Waals surface area (Å²) in [7, 11) is 0. The van der Waals surface area contributed by atoms with Crippen molar-refractivity contribution in [1.82, 2.24) is 25.1 Å². The molecule has 0 aliphatic carbocycles. The third-order valence-corrected chi connectivity index (χ3v) is 7.74. The van der Waals surface area contributed by atoms with Gasteiger partial charge in [-0.2, -0.15) is 0 Å². The zero-order valence-electron chi connectivity index (χ0n) is 19.1. The molecule has 5 rings (SSSR count). The van der Waals surface area contributed by atoms with E-state index in [0.717, 1.165) is 48.7 Å². The minimum Gasteiger partial charge on any atom is -0.322 e. The molecule has 1 unspecified atom stereocenters. The maximum Gasteiger partial charge on any atom is 0.325 e. The molecule has 2 saturated heterocycles. The lowest BCUT2D eigenvalue weighted by Gasteiger charge is -2.41. The monoisotopic (exact) mass is 475 g/mol. The van der Waals surface area contributed by atoms with Crippen LogP contribution >= 0.6 is 11.3 Å². The summed E-state index contributed by atoms with van der Waals surface area (Å²) in [5.41, 5.74) is 1.03. The second-order valence-corrected chi connectivity index (χ2v) is 10.0. The molecule has 0 saturated carbocycles. The summed E-state index contributed by atoms with van der Waals surface area (Å²) in [5, 5.41) is 6.29. The number of carbonyl (C=O) groups excluding carboxylic acids is 2. The number of rotatable bonds is 8. The topological polar surface area (TPSA) is 78.4 Å². The van der Waals surface area contributed by atoms with E-state index < -0.39 is 5.54 Å². The van der Waals surface area contributed by atoms with Crippen LogP contribution in [-0.2, 0) is 24.2 Å². The first-order chi connectivity index (χ1) is 16.6. The van der Waals surface area contributed by atoms with E-state index in [1.165, 1.54) is 4.90 Å². The first-order valence-electron chi connectivity index (χ1n) is 11.8. The Labute approximate surface area is 203 Å². The summed E-state index contributed by atoms with van der Waals surface area (Å²) in [5.74, 6) is -0.0211. The van der Waals surface area contributed by atoms with Gasteiger partial charge in [-0.05, 0) is 49.5 Å². The Bertz CT molecular complexity index is 1100. The maximum atomic E-state index is 13.9. The number of nitrogens with one attached hydrogen (secondary N) is 1. The minimum absolute atomic E-state index is 0.0801. The van der Waals surface area contributed by atoms with Gasteiger partial charge in [0.25, 0.3) is 5.91 Å². The molecule has 2 aromatic heterocycles. The van der Waals surface area contributed by atoms with Gasteiger partial charge in [0.2, 0.25) is 0 Å². The Morgan fingerprint density at radius 1 is 1.00 bits per heavy atom. The largest absolute Gasteiger partial charge is 0.325 e. The summed E-state index contributed by atoms with van der Waals surface area (Å²) >= 11 is 1.67. The highest BCUT2D eigenvalue weighted by atomic mass is 32.1. The van der Waals surface area contributed by atoms with Crippen LogP contribution in [0.2, 0.25) is 0 Å². The van der Waals surface area contributed by atoms with Crippen LogP contribution in [0.25, 0.3) is 0 Å². The van der Waals surface area contributed by atoms with Gasteiger partial charge in [0.1, 0.15) is 10.5 Å². The zero-order valence-corrected chi connectivity index (χ0v) is 19.9. The fraction of sp³-hybridized carbons (Fsp3) is 0.385. The van der Waals surface area contributed by atoms with E-state index in [2.05, 4.69) is 20.2 Å². The third-order valence-electron chi connectivity index (χ3n) is 6.97. The van der Waals surface area contributed by atoms with Crippen molar-refractivity contribution in [3.63, 3.8) is 0 Å². The molecule has 1 atom stereocenters. The van der Waals surface area contributed by atoms with E-state index >= 15 is 0 Å². The van der Waals surface area contributed by atoms with Crippen molar-refractivity contribution in [1.29, 1.82) is 0 Å². The Morgan fingerprint density at radius 2 is 1.79 bits per heavy atom. The van der Waals surface area contributed by atoms with Crippen molar-refractivity contribution in [2.75, 3.05) is 19.6 Å². The maximum absolute atomic E-state index is 13.9. The molecule has 8 heteroatoms. The van der Waals surface area contributed by atoms with Crippen LogP contribution in [0.4, 0.5) is 4.79 Å². The smallest absolute Gasteiger partial charge is 0.322 e. The number of urea groups is 1. The van der Waals surface area contributed by atoms with Crippen LogP contribution in [0.15, 0.2) is 66.3 Å². The standard InChI is InChI=1S/C26H29N5O2S/c32-24-26(18-20-6-2-1-3-7-20,21-9-14-30(15-10-21)19-23-28-13-17-34-23)29-25(33)31(24)16-11-22-8-4-5-12-27-22/h1-8,12-13,17,21H,9-11,14-16,18-19H2,(H,29,33). The van der Waals surface area contributed by atoms with Crippen LogP contribution in [0, 0.1) is 5.92 Å². The Balaban J connectivity index is 1.34. The molecule has 4 heterocycles. The van der Waals surface area contributed by atoms with Gasteiger partial charge in [0.05, 0.1) is 6.54 Å². The van der Waals surface area contributed by atoms with Gasteiger partial charge in [0, 0.05) is 42.9 Å². The number of imide groups is 1. The number of pyridine rings is 1. The summed E-state index contributed by atoms with van der Waals surface area (Å²) in [6.07, 6.45) is 6.36. The fourth-order valence-corrected chi connectivity index (χ4v) is 5.84. The van der Waals surface area contributed by atoms with Crippen LogP contribution in [-0.4, -0.2) is 56.9 Å². The van der Waals surface area contributed by atoms with Gasteiger partial charge in [-0.15, -0.1) is 11.3 Å². The van der Waals surface area contributed by atoms with Crippen molar-refractivity contribution >= 4 is 23.3 Å². The molecular formula is C26H29N5O2S. The summed E-state index contributed by atoms with van der Waals surface area (Å²) < 4.78 is 0. The number of amides is 3. The molecule has 0 spiro atoms. The van der Waals surface area contributed by atoms with Gasteiger partial charge in [0.15, 0.2) is 0 Å². The average molecular weight is 476 g/mol. The Morgan fingerprint density at radius 3 is 2.50 bits per heavy atom. The SMILES string of the molecule is O=C1NC(Cc2ccccc2)(C2CCN(Cc3nccs3)CC2)C(=O)N1CCc1ccccn1. The number of carbonyl (C=O) groups is 2. The first-order valence-corrected chi connectivity index (χ1v) is 12.7. The molecule has 0 bridgehead atoms. The van der Waals surface area contributed by atoms with Crippen molar-refractivity contribution in [2.45, 2.75) is 37.8 Å². The van der Waals surface area contributed by atoms with Crippen LogP contribution in [0.5, 0.6) is 0 Å². The Hall–Kier alpha value is -3.10. The lowest BCUT2D eigenvalue weighted by atomic mass is 9.74. The lowest BCUT2D eigenvalue weighted by Crippen LogP contribution is -2.57. The summed E-state index contributed by atoms with van der Waals surface area (Å²) in [6.45, 7) is 2.95. The molecule has 2 fully saturated rings. The van der Waals surface area contributed by atoms with Crippen molar-refractivity contribution in [2.24, 2.45) is 5.92 Å². The molecule has 34 heavy (non-hydrogen) atoms. The molecule has 2 aliphatic rings. The zero-order chi connectivity index (χ0) is 23.4. The van der Waals surface area contributed by atoms with E-state index in [4.69, 9.17) is 0 Å². The molecule has 3 amide bonds. The van der Waals surface area contributed by atoms with E-state index in [1.54, 1.807) is 17.5 Å². The second-order valence-electron chi connectivity index (χ2n) is 9.07. The number of thiazole rings is 1. The predicted molar refractivity (Wildman–Crippen MR) is 131 cm³/mol. The molecular weight excluding hydrogens is 446 g/mol. The molecule has 0 radical (unpaired) electrons. The molecule has 7 nitrogen and oxygen atoms in total. The quantitative estimate of drug-likeness (QED) is 0.505. The van der Waals surface area contributed by atoms with Gasteiger partial charge >= 0.3 is 6.03 Å². The van der Waals surface area contributed by atoms with Crippen molar-refractivity contribution < 1.29 is 9.59 Å². The predicted octanol–water partition coefficient (Wildman–Crippen LogP) is 3.53. The van der Waals surface area contributed by atoms with Crippen molar-refractivity contribution in [3.8, 4) is 0 Å². The van der Waals surface area contributed by atoms with Gasteiger partial charge in [-0.1, -0.05) is 36.4 Å². The highest BCUT2D eigenvalue weighted by Gasteiger charge is 2.55. The van der Waals surface area contributed by atoms with E-state index in [9.17, 15) is 9.59 Å². The highest BCUT2D eigenvalue weighted by molar-refractivity contribution is 7.09. The van der Waals surface area contributed by atoms with Crippen LogP contribution in [0.3, 0.4) is 0 Å². The normalized spacial score (nSPS) is 21.7. The fourth-order valence-electron chi connectivity index (χ4n) is 5.19. The number of nitrogens with zero attached hydrogens (tertiary/aromatic N) is 4. The number of benzene rings is 1. The van der Waals surface area contributed by atoms with Gasteiger partial charge in [-0.3, -0.25) is 19.6 Å². The third kappa shape index (κ3) is 4.74. The summed E-state index contributed by atoms with van der Waals surface area (Å²) in [6, 6.07) is 15.4. The van der Waals surface area contributed by atoms with E-state index in [0.29, 0.717) is 19.4 Å². The summed E-state index contributed by atoms with van der Waals surface area (Å²) in [4.78, 5) is 39.5. The molecule has 1 N–H and O–H groups in total. The van der Waals surface area contributed by atoms with Crippen LogP contribution in [0.1, 0.15) is 29.1 Å². The number of hydrogen-bond donors (Lipinski definition) is 1. The van der Waals surface area contributed by atoms with E-state index in [-0.39, 0.29) is 17.9 Å². The Kier molecular flexibility index (Phi) is 6.69. The first kappa shape index (κ1) is 22.7. The van der Waals surface area contributed by atoms with Crippen molar-refractivity contribution in [3.05, 3.63) is 82.6 Å². The van der Waals surface area contributed by atoms with Gasteiger partial charge < -0.3 is 5.32 Å². The molecule has 2 aliphatic heterocycles. The molecule has 176 valence electrons. The molecule has 1 aromatic carbocycles. The number of piperidine rings is 1. The molecule has 3 aromatic rings. The highest BCUT2D eigenvalue weighted by Crippen LogP contribution is 2.37. The number of likely N-dealkylation sites (tertiary alicyclic amines) is 1.